The molecule has 1 aliphatic rings. The van der Waals surface area contributed by atoms with Crippen LogP contribution in [0.3, 0.4) is 0 Å². The predicted molar refractivity (Wildman–Crippen MR) is 64.4 cm³/mol. The molecule has 2 rings (SSSR count). The number of amides is 1. The van der Waals surface area contributed by atoms with Gasteiger partial charge in [0.15, 0.2) is 0 Å². The van der Waals surface area contributed by atoms with Crippen LogP contribution >= 0.6 is 0 Å². The van der Waals surface area contributed by atoms with Crippen molar-refractivity contribution in [1.82, 2.24) is 14.7 Å². The van der Waals surface area contributed by atoms with E-state index in [-0.39, 0.29) is 32.0 Å². The number of nitrogens with zero attached hydrogens (tertiary/aromatic N) is 3. The molecule has 0 radical (unpaired) electrons. The zero-order valence-electron chi connectivity index (χ0n) is 10.9. The van der Waals surface area contributed by atoms with E-state index in [0.717, 1.165) is 11.4 Å². The number of carbonyl (C=O) groups excluding carboxylic acids is 1. The molecule has 0 bridgehead atoms. The normalized spacial score (nSPS) is 22.8. The quantitative estimate of drug-likeness (QED) is 0.868. The highest BCUT2D eigenvalue weighted by atomic mass is 19.1. The van der Waals surface area contributed by atoms with Gasteiger partial charge in [-0.1, -0.05) is 0 Å². The molecule has 1 fully saturated rings. The van der Waals surface area contributed by atoms with E-state index in [0.29, 0.717) is 0 Å². The summed E-state index contributed by atoms with van der Waals surface area (Å²) in [5, 5.41) is 12.9. The third kappa shape index (κ3) is 2.59. The summed E-state index contributed by atoms with van der Waals surface area (Å²) in [6.45, 7) is 3.39. The van der Waals surface area contributed by atoms with Gasteiger partial charge in [-0.2, -0.15) is 5.10 Å². The van der Waals surface area contributed by atoms with Crippen LogP contribution in [0.4, 0.5) is 4.39 Å². The molecular weight excluding hydrogens is 253 g/mol. The Hall–Kier alpha value is -1.92. The highest BCUT2D eigenvalue weighted by Gasteiger charge is 2.46. The summed E-state index contributed by atoms with van der Waals surface area (Å²) in [5.74, 6) is -1.82. The second kappa shape index (κ2) is 4.64. The maximum Gasteiger partial charge on any atom is 0.343 e. The molecule has 1 aliphatic heterocycles. The van der Waals surface area contributed by atoms with Crippen molar-refractivity contribution in [2.45, 2.75) is 32.5 Å². The third-order valence-electron chi connectivity index (χ3n) is 3.34. The summed E-state index contributed by atoms with van der Waals surface area (Å²) < 4.78 is 15.4. The van der Waals surface area contributed by atoms with Crippen LogP contribution in [0.1, 0.15) is 17.8 Å². The Morgan fingerprint density at radius 1 is 1.53 bits per heavy atom. The van der Waals surface area contributed by atoms with Crippen LogP contribution in [-0.4, -0.2) is 50.4 Å². The minimum atomic E-state index is -2.31. The number of aryl methyl sites for hydroxylation is 2. The molecule has 19 heavy (non-hydrogen) atoms. The fourth-order valence-electron chi connectivity index (χ4n) is 2.22. The standard InChI is InChI=1S/C12H16FN3O3/c1-8-5-9(2)16(14-8)6-10(17)15-4-3-12(13,7-15)11(18)19/h5H,3-4,6-7H2,1-2H3,(H,18,19). The van der Waals surface area contributed by atoms with Crippen molar-refractivity contribution in [2.24, 2.45) is 0 Å². The first-order valence-electron chi connectivity index (χ1n) is 6.03. The Kier molecular flexibility index (Phi) is 3.30. The molecule has 2 heterocycles. The van der Waals surface area contributed by atoms with Gasteiger partial charge >= 0.3 is 5.97 Å². The van der Waals surface area contributed by atoms with Crippen LogP contribution < -0.4 is 0 Å². The molecule has 6 nitrogen and oxygen atoms in total. The van der Waals surface area contributed by atoms with Crippen molar-refractivity contribution in [3.8, 4) is 0 Å². The number of alkyl halides is 1. The summed E-state index contributed by atoms with van der Waals surface area (Å²) in [6, 6.07) is 1.84. The highest BCUT2D eigenvalue weighted by molar-refractivity contribution is 5.82. The zero-order valence-corrected chi connectivity index (χ0v) is 10.9. The number of carbonyl (C=O) groups is 2. The number of rotatable bonds is 3. The number of aliphatic carboxylic acids is 1. The van der Waals surface area contributed by atoms with Gasteiger partial charge in [0, 0.05) is 18.7 Å². The Morgan fingerprint density at radius 3 is 2.68 bits per heavy atom. The van der Waals surface area contributed by atoms with E-state index in [1.54, 1.807) is 0 Å². The maximum atomic E-state index is 13.9. The van der Waals surface area contributed by atoms with Crippen molar-refractivity contribution >= 4 is 11.9 Å². The van der Waals surface area contributed by atoms with Crippen molar-refractivity contribution in [2.75, 3.05) is 13.1 Å². The molecule has 1 N–H and O–H groups in total. The van der Waals surface area contributed by atoms with E-state index in [9.17, 15) is 14.0 Å². The molecule has 1 atom stereocenters. The molecule has 0 spiro atoms. The van der Waals surface area contributed by atoms with Gasteiger partial charge in [-0.05, 0) is 19.9 Å². The lowest BCUT2D eigenvalue weighted by Crippen LogP contribution is -2.40. The maximum absolute atomic E-state index is 13.9. The first-order chi connectivity index (χ1) is 8.82. The van der Waals surface area contributed by atoms with E-state index in [1.165, 1.54) is 9.58 Å². The lowest BCUT2D eigenvalue weighted by Gasteiger charge is -2.18. The zero-order chi connectivity index (χ0) is 14.2. The van der Waals surface area contributed by atoms with E-state index in [2.05, 4.69) is 5.10 Å². The molecular formula is C12H16FN3O3. The van der Waals surface area contributed by atoms with Gasteiger partial charge in [0.05, 0.1) is 12.2 Å². The number of aromatic nitrogens is 2. The number of hydrogen-bond acceptors (Lipinski definition) is 3. The van der Waals surface area contributed by atoms with Crippen LogP contribution in [-0.2, 0) is 16.1 Å². The molecule has 1 aromatic rings. The predicted octanol–water partition coefficient (Wildman–Crippen LogP) is 0.525. The first-order valence-corrected chi connectivity index (χ1v) is 6.03. The van der Waals surface area contributed by atoms with Crippen LogP contribution in [0.15, 0.2) is 6.07 Å². The molecule has 1 aromatic heterocycles. The smallest absolute Gasteiger partial charge is 0.343 e. The Morgan fingerprint density at radius 2 is 2.21 bits per heavy atom. The topological polar surface area (TPSA) is 75.4 Å². The van der Waals surface area contributed by atoms with Crippen LogP contribution in [0.25, 0.3) is 0 Å². The Labute approximate surface area is 109 Å². The van der Waals surface area contributed by atoms with Crippen LogP contribution in [0.2, 0.25) is 0 Å². The third-order valence-corrected chi connectivity index (χ3v) is 3.34. The summed E-state index contributed by atoms with van der Waals surface area (Å²) in [7, 11) is 0. The molecule has 0 aromatic carbocycles. The van der Waals surface area contributed by atoms with Gasteiger partial charge in [0.1, 0.15) is 6.54 Å². The minimum Gasteiger partial charge on any atom is -0.479 e. The summed E-state index contributed by atoms with van der Waals surface area (Å²) in [6.07, 6.45) is -0.162. The highest BCUT2D eigenvalue weighted by Crippen LogP contribution is 2.26. The lowest BCUT2D eigenvalue weighted by molar-refractivity contribution is -0.150. The van der Waals surface area contributed by atoms with Crippen LogP contribution in [0.5, 0.6) is 0 Å². The number of carboxylic acid groups (broad SMARTS) is 1. The number of halogens is 1. The molecule has 0 aliphatic carbocycles. The molecule has 104 valence electrons. The Balaban J connectivity index is 2.03. The van der Waals surface area contributed by atoms with Gasteiger partial charge in [0.2, 0.25) is 11.6 Å². The van der Waals surface area contributed by atoms with Gasteiger partial charge in [-0.15, -0.1) is 0 Å². The Bertz CT molecular complexity index is 528. The fraction of sp³-hybridized carbons (Fsp3) is 0.583. The van der Waals surface area contributed by atoms with E-state index in [1.807, 2.05) is 19.9 Å². The SMILES string of the molecule is Cc1cc(C)n(CC(=O)N2CCC(F)(C(=O)O)C2)n1. The molecule has 1 amide bonds. The number of likely N-dealkylation sites (tertiary alicyclic amines) is 1. The fourth-order valence-corrected chi connectivity index (χ4v) is 2.22. The van der Waals surface area contributed by atoms with Crippen molar-refractivity contribution in [3.05, 3.63) is 17.5 Å². The summed E-state index contributed by atoms with van der Waals surface area (Å²) in [4.78, 5) is 24.0. The van der Waals surface area contributed by atoms with E-state index >= 15 is 0 Å². The second-order valence-corrected chi connectivity index (χ2v) is 4.92. The minimum absolute atomic E-state index is 0.00930. The average molecular weight is 269 g/mol. The first kappa shape index (κ1) is 13.5. The van der Waals surface area contributed by atoms with Crippen molar-refractivity contribution in [1.29, 1.82) is 0 Å². The largest absolute Gasteiger partial charge is 0.479 e. The van der Waals surface area contributed by atoms with Gasteiger partial charge < -0.3 is 10.0 Å². The molecule has 7 heteroatoms. The molecule has 0 saturated carbocycles. The average Bonchev–Trinajstić information content (AvgIpc) is 2.84. The van der Waals surface area contributed by atoms with Crippen molar-refractivity contribution in [3.63, 3.8) is 0 Å². The molecule has 1 saturated heterocycles. The van der Waals surface area contributed by atoms with E-state index < -0.39 is 11.6 Å². The monoisotopic (exact) mass is 269 g/mol. The van der Waals surface area contributed by atoms with E-state index in [4.69, 9.17) is 5.11 Å². The second-order valence-electron chi connectivity index (χ2n) is 4.92. The van der Waals surface area contributed by atoms with Gasteiger partial charge in [0.25, 0.3) is 0 Å². The summed E-state index contributed by atoms with van der Waals surface area (Å²) >= 11 is 0. The van der Waals surface area contributed by atoms with Gasteiger partial charge in [-0.25, -0.2) is 9.18 Å². The lowest BCUT2D eigenvalue weighted by atomic mass is 10.1. The number of carboxylic acids is 1. The molecule has 1 unspecified atom stereocenters. The van der Waals surface area contributed by atoms with Crippen LogP contribution in [0, 0.1) is 13.8 Å². The summed E-state index contributed by atoms with van der Waals surface area (Å²) in [5.41, 5.74) is -0.669. The van der Waals surface area contributed by atoms with Gasteiger partial charge in [-0.3, -0.25) is 9.48 Å². The number of hydrogen-bond donors (Lipinski definition) is 1. The van der Waals surface area contributed by atoms with Crippen molar-refractivity contribution < 1.29 is 19.1 Å².